The summed E-state index contributed by atoms with van der Waals surface area (Å²) in [6, 6.07) is 0. The molecule has 4 heteroatoms. The van der Waals surface area contributed by atoms with Crippen molar-refractivity contribution in [3.8, 4) is 0 Å². The van der Waals surface area contributed by atoms with Crippen molar-refractivity contribution in [1.29, 1.82) is 0 Å². The van der Waals surface area contributed by atoms with Gasteiger partial charge in [0.15, 0.2) is 0 Å². The molecule has 0 heterocycles. The fraction of sp³-hybridized carbons (Fsp3) is 0.889. The lowest BCUT2D eigenvalue weighted by atomic mass is 9.95. The van der Waals surface area contributed by atoms with Crippen LogP contribution in [0.1, 0.15) is 20.3 Å². The van der Waals surface area contributed by atoms with Gasteiger partial charge in [0.1, 0.15) is 0 Å². The summed E-state index contributed by atoms with van der Waals surface area (Å²) in [5.74, 6) is 1.49. The number of halogens is 1. The molecule has 0 spiro atoms. The normalized spacial score (nSPS) is 11.4. The van der Waals surface area contributed by atoms with Crippen molar-refractivity contribution in [3.63, 3.8) is 0 Å². The second-order valence-electron chi connectivity index (χ2n) is 3.62. The van der Waals surface area contributed by atoms with Gasteiger partial charge in [0.05, 0.1) is 5.41 Å². The molecule has 0 aromatic carbocycles. The first-order valence-corrected chi connectivity index (χ1v) is 6.30. The molecule has 0 atom stereocenters. The number of alkyl halides is 1. The van der Waals surface area contributed by atoms with E-state index in [2.05, 4.69) is 11.6 Å². The fourth-order valence-electron chi connectivity index (χ4n) is 0.718. The maximum Gasteiger partial charge on any atom is 0.226 e. The van der Waals surface area contributed by atoms with Gasteiger partial charge in [-0.3, -0.25) is 4.79 Å². The van der Waals surface area contributed by atoms with Gasteiger partial charge in [0, 0.05) is 12.4 Å². The van der Waals surface area contributed by atoms with Crippen molar-refractivity contribution >= 4 is 29.3 Å². The Labute approximate surface area is 89.8 Å². The Bertz CT molecular complexity index is 162. The first-order chi connectivity index (χ1) is 6.04. The van der Waals surface area contributed by atoms with Crippen LogP contribution in [0.3, 0.4) is 0 Å². The van der Waals surface area contributed by atoms with E-state index < -0.39 is 5.41 Å². The molecule has 2 nitrogen and oxygen atoms in total. The van der Waals surface area contributed by atoms with E-state index in [4.69, 9.17) is 11.6 Å². The molecule has 78 valence electrons. The van der Waals surface area contributed by atoms with Gasteiger partial charge in [-0.25, -0.2) is 0 Å². The maximum atomic E-state index is 11.5. The molecular formula is C9H18ClNOS. The zero-order valence-electron chi connectivity index (χ0n) is 8.52. The van der Waals surface area contributed by atoms with Gasteiger partial charge in [-0.05, 0) is 32.3 Å². The summed E-state index contributed by atoms with van der Waals surface area (Å²) < 4.78 is 0. The Hall–Kier alpha value is 0.110. The minimum Gasteiger partial charge on any atom is -0.356 e. The van der Waals surface area contributed by atoms with Crippen LogP contribution in [0.15, 0.2) is 0 Å². The highest BCUT2D eigenvalue weighted by molar-refractivity contribution is 7.98. The topological polar surface area (TPSA) is 29.1 Å². The predicted octanol–water partition coefficient (Wildman–Crippen LogP) is 2.12. The lowest BCUT2D eigenvalue weighted by Crippen LogP contribution is -2.38. The van der Waals surface area contributed by atoms with Gasteiger partial charge in [0.2, 0.25) is 5.91 Å². The average molecular weight is 224 g/mol. The number of amides is 1. The quantitative estimate of drug-likeness (QED) is 0.552. The molecule has 1 amide bonds. The van der Waals surface area contributed by atoms with Gasteiger partial charge in [-0.15, -0.1) is 11.6 Å². The van der Waals surface area contributed by atoms with Gasteiger partial charge in [-0.2, -0.15) is 11.8 Å². The third-order valence-electron chi connectivity index (χ3n) is 1.76. The zero-order chi connectivity index (χ0) is 10.3. The molecule has 0 fully saturated rings. The number of nitrogens with one attached hydrogen (secondary N) is 1. The predicted molar refractivity (Wildman–Crippen MR) is 60.5 cm³/mol. The van der Waals surface area contributed by atoms with Crippen molar-refractivity contribution in [2.45, 2.75) is 20.3 Å². The van der Waals surface area contributed by atoms with Crippen molar-refractivity contribution in [1.82, 2.24) is 5.32 Å². The van der Waals surface area contributed by atoms with E-state index in [0.29, 0.717) is 5.88 Å². The Balaban J connectivity index is 3.62. The standard InChI is InChI=1S/C9H18ClNOS/c1-9(2,7-10)8(12)11-5-4-6-13-3/h4-7H2,1-3H3,(H,11,12). The molecule has 0 aliphatic rings. The van der Waals surface area contributed by atoms with Crippen LogP contribution in [-0.2, 0) is 4.79 Å². The SMILES string of the molecule is CSCCCNC(=O)C(C)(C)CCl. The summed E-state index contributed by atoms with van der Waals surface area (Å²) in [7, 11) is 0. The number of hydrogen-bond donors (Lipinski definition) is 1. The third-order valence-corrected chi connectivity index (χ3v) is 3.12. The van der Waals surface area contributed by atoms with Gasteiger partial charge in [0.25, 0.3) is 0 Å². The Kier molecular flexibility index (Phi) is 6.60. The summed E-state index contributed by atoms with van der Waals surface area (Å²) in [6.45, 7) is 4.45. The molecule has 0 saturated carbocycles. The molecule has 0 aliphatic carbocycles. The Morgan fingerprint density at radius 3 is 2.62 bits per heavy atom. The Morgan fingerprint density at radius 2 is 2.15 bits per heavy atom. The zero-order valence-corrected chi connectivity index (χ0v) is 10.1. The molecule has 0 aromatic rings. The average Bonchev–Trinajstić information content (AvgIpc) is 2.12. The summed E-state index contributed by atoms with van der Waals surface area (Å²) in [5.41, 5.74) is -0.444. The number of thioether (sulfide) groups is 1. The van der Waals surface area contributed by atoms with E-state index in [9.17, 15) is 4.79 Å². The van der Waals surface area contributed by atoms with Gasteiger partial charge < -0.3 is 5.32 Å². The summed E-state index contributed by atoms with van der Waals surface area (Å²) in [5, 5.41) is 2.87. The van der Waals surface area contributed by atoms with Crippen molar-refractivity contribution in [2.24, 2.45) is 5.41 Å². The maximum absolute atomic E-state index is 11.5. The number of hydrogen-bond acceptors (Lipinski definition) is 2. The van der Waals surface area contributed by atoms with Crippen LogP contribution in [0.4, 0.5) is 0 Å². The van der Waals surface area contributed by atoms with Crippen LogP contribution in [-0.4, -0.2) is 30.3 Å². The van der Waals surface area contributed by atoms with E-state index in [1.165, 1.54) is 0 Å². The molecule has 0 saturated heterocycles. The first-order valence-electron chi connectivity index (χ1n) is 4.38. The molecule has 0 unspecified atom stereocenters. The van der Waals surface area contributed by atoms with Crippen LogP contribution in [0.2, 0.25) is 0 Å². The second kappa shape index (κ2) is 6.55. The minimum absolute atomic E-state index is 0.0450. The lowest BCUT2D eigenvalue weighted by molar-refractivity contribution is -0.128. The molecule has 0 aromatic heterocycles. The number of rotatable bonds is 6. The van der Waals surface area contributed by atoms with E-state index in [1.54, 1.807) is 11.8 Å². The highest BCUT2D eigenvalue weighted by atomic mass is 35.5. The van der Waals surface area contributed by atoms with E-state index >= 15 is 0 Å². The van der Waals surface area contributed by atoms with E-state index in [-0.39, 0.29) is 5.91 Å². The second-order valence-corrected chi connectivity index (χ2v) is 4.87. The monoisotopic (exact) mass is 223 g/mol. The van der Waals surface area contributed by atoms with E-state index in [0.717, 1.165) is 18.7 Å². The Morgan fingerprint density at radius 1 is 1.54 bits per heavy atom. The van der Waals surface area contributed by atoms with Gasteiger partial charge >= 0.3 is 0 Å². The van der Waals surface area contributed by atoms with Crippen LogP contribution in [0.25, 0.3) is 0 Å². The van der Waals surface area contributed by atoms with Crippen molar-refractivity contribution in [2.75, 3.05) is 24.4 Å². The van der Waals surface area contributed by atoms with Crippen LogP contribution >= 0.6 is 23.4 Å². The largest absolute Gasteiger partial charge is 0.356 e. The number of carbonyl (C=O) groups is 1. The molecule has 0 aliphatic heterocycles. The summed E-state index contributed by atoms with van der Waals surface area (Å²) in [6.07, 6.45) is 3.08. The molecule has 0 bridgehead atoms. The van der Waals surface area contributed by atoms with Crippen molar-refractivity contribution < 1.29 is 4.79 Å². The van der Waals surface area contributed by atoms with Crippen LogP contribution in [0.5, 0.6) is 0 Å². The van der Waals surface area contributed by atoms with Crippen molar-refractivity contribution in [3.05, 3.63) is 0 Å². The molecule has 1 N–H and O–H groups in total. The highest BCUT2D eigenvalue weighted by Crippen LogP contribution is 2.16. The minimum atomic E-state index is -0.444. The first kappa shape index (κ1) is 13.1. The summed E-state index contributed by atoms with van der Waals surface area (Å²) >= 11 is 7.45. The van der Waals surface area contributed by atoms with Gasteiger partial charge in [-0.1, -0.05) is 0 Å². The molecule has 0 rings (SSSR count). The molecule has 0 radical (unpaired) electrons. The van der Waals surface area contributed by atoms with E-state index in [1.807, 2.05) is 13.8 Å². The van der Waals surface area contributed by atoms with Crippen LogP contribution < -0.4 is 5.32 Å². The highest BCUT2D eigenvalue weighted by Gasteiger charge is 2.25. The molecular weight excluding hydrogens is 206 g/mol. The summed E-state index contributed by atoms with van der Waals surface area (Å²) in [4.78, 5) is 11.5. The smallest absolute Gasteiger partial charge is 0.226 e. The fourth-order valence-corrected chi connectivity index (χ4v) is 1.27. The van der Waals surface area contributed by atoms with Crippen LogP contribution in [0, 0.1) is 5.41 Å². The lowest BCUT2D eigenvalue weighted by Gasteiger charge is -2.20. The third kappa shape index (κ3) is 5.42. The molecule has 13 heavy (non-hydrogen) atoms. The number of carbonyl (C=O) groups excluding carboxylic acids is 1.